The topological polar surface area (TPSA) is 59.0 Å². The maximum atomic E-state index is 13.1. The van der Waals surface area contributed by atoms with Gasteiger partial charge in [-0.25, -0.2) is 0 Å². The smallest absolute Gasteiger partial charge is 0.254 e. The van der Waals surface area contributed by atoms with Crippen molar-refractivity contribution < 1.29 is 19.4 Å². The Kier molecular flexibility index (Phi) is 5.16. The van der Waals surface area contributed by atoms with Crippen LogP contribution in [-0.4, -0.2) is 54.4 Å². The number of aliphatic hydroxyl groups excluding tert-OH is 1. The number of hydrogen-bond donors (Lipinski definition) is 1. The molecule has 5 heteroatoms. The number of hydrogen-bond acceptors (Lipinski definition) is 4. The molecule has 1 saturated heterocycles. The van der Waals surface area contributed by atoms with E-state index in [0.29, 0.717) is 24.9 Å². The quantitative estimate of drug-likeness (QED) is 0.834. The summed E-state index contributed by atoms with van der Waals surface area (Å²) in [5.41, 5.74) is 1.28. The van der Waals surface area contributed by atoms with Crippen molar-refractivity contribution in [1.29, 1.82) is 0 Å². The Bertz CT molecular complexity index is 659. The lowest BCUT2D eigenvalue weighted by Crippen LogP contribution is -2.52. The zero-order chi connectivity index (χ0) is 18.0. The van der Waals surface area contributed by atoms with Crippen LogP contribution < -0.4 is 4.74 Å². The number of fused-ring (bicyclic) bond motifs is 1. The molecule has 1 N–H and O–H groups in total. The Balaban J connectivity index is 1.88. The first-order valence-electron chi connectivity index (χ1n) is 8.86. The van der Waals surface area contributed by atoms with Crippen LogP contribution >= 0.6 is 0 Å². The molecule has 2 fully saturated rings. The summed E-state index contributed by atoms with van der Waals surface area (Å²) in [6, 6.07) is 5.45. The van der Waals surface area contributed by atoms with Crippen LogP contribution in [0.3, 0.4) is 0 Å². The van der Waals surface area contributed by atoms with Gasteiger partial charge in [0.25, 0.3) is 5.91 Å². The lowest BCUT2D eigenvalue weighted by Gasteiger charge is -2.42. The van der Waals surface area contributed by atoms with Gasteiger partial charge in [0.15, 0.2) is 0 Å². The molecule has 136 valence electrons. The summed E-state index contributed by atoms with van der Waals surface area (Å²) in [7, 11) is 3.34. The van der Waals surface area contributed by atoms with Gasteiger partial charge in [-0.15, -0.1) is 6.58 Å². The molecule has 0 spiro atoms. The zero-order valence-corrected chi connectivity index (χ0v) is 15.0. The van der Waals surface area contributed by atoms with Crippen molar-refractivity contribution in [1.82, 2.24) is 4.90 Å². The SMILES string of the molecule is C=CCc1cc(C(=O)N2CC[C@]3(OC)CCC(O)CC23)ccc1OC. The lowest BCUT2D eigenvalue weighted by molar-refractivity contribution is -0.0824. The number of methoxy groups -OCH3 is 2. The molecule has 0 aromatic heterocycles. The van der Waals surface area contributed by atoms with Gasteiger partial charge in [0.1, 0.15) is 5.75 Å². The highest BCUT2D eigenvalue weighted by Crippen LogP contribution is 2.43. The second-order valence-corrected chi connectivity index (χ2v) is 6.98. The largest absolute Gasteiger partial charge is 0.496 e. The van der Waals surface area contributed by atoms with E-state index in [2.05, 4.69) is 6.58 Å². The molecule has 2 unspecified atom stereocenters. The molecule has 0 radical (unpaired) electrons. The van der Waals surface area contributed by atoms with Crippen LogP contribution in [0, 0.1) is 0 Å². The predicted molar refractivity (Wildman–Crippen MR) is 95.9 cm³/mol. The average Bonchev–Trinajstić information content (AvgIpc) is 3.00. The first-order chi connectivity index (χ1) is 12.0. The van der Waals surface area contributed by atoms with Crippen molar-refractivity contribution in [2.75, 3.05) is 20.8 Å². The number of likely N-dealkylation sites (tertiary alicyclic amines) is 1. The highest BCUT2D eigenvalue weighted by Gasteiger charge is 2.52. The molecule has 2 aliphatic rings. The van der Waals surface area contributed by atoms with Crippen LogP contribution in [-0.2, 0) is 11.2 Å². The Morgan fingerprint density at radius 1 is 1.44 bits per heavy atom. The number of aliphatic hydroxyl groups is 1. The molecule has 1 aromatic rings. The maximum Gasteiger partial charge on any atom is 0.254 e. The summed E-state index contributed by atoms with van der Waals surface area (Å²) >= 11 is 0. The molecule has 25 heavy (non-hydrogen) atoms. The van der Waals surface area contributed by atoms with Gasteiger partial charge in [0.2, 0.25) is 0 Å². The standard InChI is InChI=1S/C20H27NO4/c1-4-5-14-12-15(6-7-17(14)24-2)19(23)21-11-10-20(25-3)9-8-16(22)13-18(20)21/h4,6-7,12,16,18,22H,1,5,8-11,13H2,2-3H3/t16?,18?,20-/m1/s1. The third-order valence-electron chi connectivity index (χ3n) is 5.71. The van der Waals surface area contributed by atoms with Crippen LogP contribution in [0.1, 0.15) is 41.6 Å². The van der Waals surface area contributed by atoms with Crippen molar-refractivity contribution in [2.24, 2.45) is 0 Å². The molecule has 3 atom stereocenters. The van der Waals surface area contributed by atoms with Gasteiger partial charge in [-0.3, -0.25) is 4.79 Å². The zero-order valence-electron chi connectivity index (χ0n) is 15.0. The fourth-order valence-corrected chi connectivity index (χ4v) is 4.31. The van der Waals surface area contributed by atoms with E-state index in [9.17, 15) is 9.90 Å². The van der Waals surface area contributed by atoms with Crippen molar-refractivity contribution in [3.63, 3.8) is 0 Å². The van der Waals surface area contributed by atoms with E-state index in [4.69, 9.17) is 9.47 Å². The molecular weight excluding hydrogens is 318 g/mol. The van der Waals surface area contributed by atoms with Crippen molar-refractivity contribution >= 4 is 5.91 Å². The highest BCUT2D eigenvalue weighted by molar-refractivity contribution is 5.95. The molecular formula is C20H27NO4. The summed E-state index contributed by atoms with van der Waals surface area (Å²) in [4.78, 5) is 15.0. The summed E-state index contributed by atoms with van der Waals surface area (Å²) in [6.07, 6.45) is 5.01. The number of rotatable bonds is 5. The number of carbonyl (C=O) groups is 1. The first-order valence-corrected chi connectivity index (χ1v) is 8.86. The second kappa shape index (κ2) is 7.18. The van der Waals surface area contributed by atoms with E-state index in [-0.39, 0.29) is 23.7 Å². The van der Waals surface area contributed by atoms with Crippen molar-refractivity contribution in [3.05, 3.63) is 42.0 Å². The van der Waals surface area contributed by atoms with Gasteiger partial charge < -0.3 is 19.5 Å². The minimum Gasteiger partial charge on any atom is -0.496 e. The van der Waals surface area contributed by atoms with E-state index in [1.807, 2.05) is 17.0 Å². The van der Waals surface area contributed by atoms with Gasteiger partial charge in [0.05, 0.1) is 24.9 Å². The summed E-state index contributed by atoms with van der Waals surface area (Å²) in [5, 5.41) is 10.1. The van der Waals surface area contributed by atoms with Crippen molar-refractivity contribution in [3.8, 4) is 5.75 Å². The number of carbonyl (C=O) groups excluding carboxylic acids is 1. The monoisotopic (exact) mass is 345 g/mol. The Morgan fingerprint density at radius 2 is 2.24 bits per heavy atom. The molecule has 0 bridgehead atoms. The fourth-order valence-electron chi connectivity index (χ4n) is 4.31. The number of ether oxygens (including phenoxy) is 2. The van der Waals surface area contributed by atoms with Crippen LogP contribution in [0.2, 0.25) is 0 Å². The van der Waals surface area contributed by atoms with Crippen LogP contribution in [0.25, 0.3) is 0 Å². The molecule has 1 aliphatic carbocycles. The molecule has 1 aliphatic heterocycles. The number of benzene rings is 1. The first kappa shape index (κ1) is 18.0. The molecule has 1 heterocycles. The Labute approximate surface area is 149 Å². The maximum absolute atomic E-state index is 13.1. The molecule has 5 nitrogen and oxygen atoms in total. The van der Waals surface area contributed by atoms with Gasteiger partial charge in [0, 0.05) is 19.2 Å². The van der Waals surface area contributed by atoms with Crippen LogP contribution in [0.5, 0.6) is 5.75 Å². The lowest BCUT2D eigenvalue weighted by atomic mass is 9.79. The number of nitrogens with zero attached hydrogens (tertiary/aromatic N) is 1. The van der Waals surface area contributed by atoms with Gasteiger partial charge >= 0.3 is 0 Å². The average molecular weight is 345 g/mol. The Hall–Kier alpha value is -1.85. The van der Waals surface area contributed by atoms with E-state index in [0.717, 1.165) is 30.6 Å². The third-order valence-corrected chi connectivity index (χ3v) is 5.71. The predicted octanol–water partition coefficient (Wildman–Crippen LogP) is 2.57. The van der Waals surface area contributed by atoms with E-state index < -0.39 is 0 Å². The second-order valence-electron chi connectivity index (χ2n) is 6.98. The normalized spacial score (nSPS) is 28.5. The number of allylic oxidation sites excluding steroid dienone is 1. The van der Waals surface area contributed by atoms with Gasteiger partial charge in [-0.2, -0.15) is 0 Å². The summed E-state index contributed by atoms with van der Waals surface area (Å²) < 4.78 is 11.2. The minimum atomic E-state index is -0.367. The summed E-state index contributed by atoms with van der Waals surface area (Å²) in [5.74, 6) is 0.753. The minimum absolute atomic E-state index is 0.00834. The highest BCUT2D eigenvalue weighted by atomic mass is 16.5. The fraction of sp³-hybridized carbons (Fsp3) is 0.550. The third kappa shape index (κ3) is 3.18. The summed E-state index contributed by atoms with van der Waals surface area (Å²) in [6.45, 7) is 4.43. The van der Waals surface area contributed by atoms with E-state index in [1.165, 1.54) is 0 Å². The van der Waals surface area contributed by atoms with Gasteiger partial charge in [-0.1, -0.05) is 6.08 Å². The molecule has 1 amide bonds. The van der Waals surface area contributed by atoms with Gasteiger partial charge in [-0.05, 0) is 55.9 Å². The molecule has 1 saturated carbocycles. The van der Waals surface area contributed by atoms with Crippen LogP contribution in [0.4, 0.5) is 0 Å². The van der Waals surface area contributed by atoms with E-state index >= 15 is 0 Å². The van der Waals surface area contributed by atoms with E-state index in [1.54, 1.807) is 26.4 Å². The number of amides is 1. The molecule has 1 aromatic carbocycles. The van der Waals surface area contributed by atoms with Crippen molar-refractivity contribution in [2.45, 2.75) is 49.9 Å². The van der Waals surface area contributed by atoms with Crippen LogP contribution in [0.15, 0.2) is 30.9 Å². The Morgan fingerprint density at radius 3 is 2.92 bits per heavy atom. The molecule has 3 rings (SSSR count).